The molecule has 0 heterocycles. The fourth-order valence-electron chi connectivity index (χ4n) is 1.53. The number of rotatable bonds is 8. The second-order valence-corrected chi connectivity index (χ2v) is 6.80. The summed E-state index contributed by atoms with van der Waals surface area (Å²) in [7, 11) is -3.82. The van der Waals surface area contributed by atoms with Crippen LogP contribution in [0.5, 0.6) is 0 Å². The van der Waals surface area contributed by atoms with Crippen molar-refractivity contribution >= 4 is 33.2 Å². The Labute approximate surface area is 122 Å². The smallest absolute Gasteiger partial charge is 0.270 e. The van der Waals surface area contributed by atoms with E-state index < -0.39 is 14.9 Å². The third-order valence-electron chi connectivity index (χ3n) is 2.56. The molecule has 0 aliphatic heterocycles. The first-order valence-electron chi connectivity index (χ1n) is 5.91. The van der Waals surface area contributed by atoms with Gasteiger partial charge in [-0.15, -0.1) is 0 Å². The van der Waals surface area contributed by atoms with Gasteiger partial charge in [-0.2, -0.15) is 11.8 Å². The maximum Gasteiger partial charge on any atom is 0.270 e. The zero-order chi connectivity index (χ0) is 15.2. The number of thioether (sulfide) groups is 1. The first-order valence-corrected chi connectivity index (χ1v) is 8.78. The Morgan fingerprint density at radius 3 is 2.70 bits per heavy atom. The molecular weight excluding hydrogens is 302 g/mol. The van der Waals surface area contributed by atoms with Gasteiger partial charge in [0.15, 0.2) is 0 Å². The van der Waals surface area contributed by atoms with Gasteiger partial charge in [-0.25, -0.2) is 13.1 Å². The highest BCUT2D eigenvalue weighted by atomic mass is 32.2. The van der Waals surface area contributed by atoms with Crippen molar-refractivity contribution in [3.63, 3.8) is 0 Å². The molecule has 0 aromatic heterocycles. The highest BCUT2D eigenvalue weighted by Crippen LogP contribution is 2.23. The van der Waals surface area contributed by atoms with Crippen molar-refractivity contribution in [2.75, 3.05) is 24.3 Å². The van der Waals surface area contributed by atoms with E-state index in [0.29, 0.717) is 6.42 Å². The van der Waals surface area contributed by atoms with E-state index in [-0.39, 0.29) is 22.8 Å². The molecular formula is C11H17N3O4S2. The molecule has 0 radical (unpaired) electrons. The fraction of sp³-hybridized carbons (Fsp3) is 0.455. The minimum atomic E-state index is -3.82. The van der Waals surface area contributed by atoms with E-state index in [1.54, 1.807) is 11.8 Å². The number of unbranched alkanes of at least 4 members (excludes halogenated alkanes) is 1. The molecule has 0 atom stereocenters. The number of nitro groups is 1. The predicted octanol–water partition coefficient (Wildman–Crippen LogP) is 1.60. The normalized spacial score (nSPS) is 11.4. The number of anilines is 1. The number of nitrogens with one attached hydrogen (secondary N) is 1. The first-order chi connectivity index (χ1) is 9.38. The number of sulfonamides is 1. The topological polar surface area (TPSA) is 115 Å². The van der Waals surface area contributed by atoms with E-state index in [1.807, 2.05) is 6.26 Å². The zero-order valence-corrected chi connectivity index (χ0v) is 12.7. The van der Waals surface area contributed by atoms with Gasteiger partial charge in [-0.1, -0.05) is 0 Å². The summed E-state index contributed by atoms with van der Waals surface area (Å²) in [5.74, 6) is 0.959. The molecule has 0 amide bonds. The SMILES string of the molecule is CSCCCCNS(=O)(=O)c1cc([N+](=O)[O-])ccc1N. The van der Waals surface area contributed by atoms with Crippen LogP contribution in [0.15, 0.2) is 23.1 Å². The van der Waals surface area contributed by atoms with Crippen molar-refractivity contribution in [1.82, 2.24) is 4.72 Å². The zero-order valence-electron chi connectivity index (χ0n) is 11.0. The van der Waals surface area contributed by atoms with Crippen LogP contribution in [0.4, 0.5) is 11.4 Å². The van der Waals surface area contributed by atoms with Crippen LogP contribution in [0.25, 0.3) is 0 Å². The molecule has 112 valence electrons. The van der Waals surface area contributed by atoms with Gasteiger partial charge in [-0.05, 0) is 30.9 Å². The molecule has 7 nitrogen and oxygen atoms in total. The molecule has 0 spiro atoms. The summed E-state index contributed by atoms with van der Waals surface area (Å²) in [6, 6.07) is 3.37. The standard InChI is InChI=1S/C11H17N3O4S2/c1-19-7-3-2-6-13-20(17,18)11-8-9(14(15)16)4-5-10(11)12/h4-5,8,13H,2-3,6-7,12H2,1H3. The lowest BCUT2D eigenvalue weighted by atomic mass is 10.3. The van der Waals surface area contributed by atoms with Crippen molar-refractivity contribution in [1.29, 1.82) is 0 Å². The summed E-state index contributed by atoms with van der Waals surface area (Å²) in [5.41, 5.74) is 5.27. The molecule has 0 saturated carbocycles. The van der Waals surface area contributed by atoms with Gasteiger partial charge in [0.1, 0.15) is 4.90 Å². The van der Waals surface area contributed by atoms with Gasteiger partial charge in [0.05, 0.1) is 10.6 Å². The third-order valence-corrected chi connectivity index (χ3v) is 4.78. The Morgan fingerprint density at radius 2 is 2.10 bits per heavy atom. The fourth-order valence-corrected chi connectivity index (χ4v) is 3.24. The third kappa shape index (κ3) is 4.66. The average Bonchev–Trinajstić information content (AvgIpc) is 2.38. The molecule has 0 bridgehead atoms. The quantitative estimate of drug-likeness (QED) is 0.325. The molecule has 1 rings (SSSR count). The number of hydrogen-bond acceptors (Lipinski definition) is 6. The maximum absolute atomic E-state index is 12.0. The molecule has 0 aliphatic rings. The first kappa shape index (κ1) is 16.7. The van der Waals surface area contributed by atoms with Crippen LogP contribution in [-0.2, 0) is 10.0 Å². The van der Waals surface area contributed by atoms with Crippen LogP contribution in [0.1, 0.15) is 12.8 Å². The van der Waals surface area contributed by atoms with E-state index in [9.17, 15) is 18.5 Å². The van der Waals surface area contributed by atoms with E-state index in [2.05, 4.69) is 4.72 Å². The monoisotopic (exact) mass is 319 g/mol. The number of hydrogen-bond donors (Lipinski definition) is 2. The van der Waals surface area contributed by atoms with Crippen LogP contribution in [0.2, 0.25) is 0 Å². The van der Waals surface area contributed by atoms with Gasteiger partial charge in [0, 0.05) is 18.7 Å². The lowest BCUT2D eigenvalue weighted by molar-refractivity contribution is -0.385. The second kappa shape index (κ2) is 7.46. The number of nitro benzene ring substituents is 1. The summed E-state index contributed by atoms with van der Waals surface area (Å²) >= 11 is 1.69. The van der Waals surface area contributed by atoms with Crippen molar-refractivity contribution in [2.45, 2.75) is 17.7 Å². The van der Waals surface area contributed by atoms with Crippen LogP contribution in [-0.4, -0.2) is 31.9 Å². The molecule has 0 saturated heterocycles. The van der Waals surface area contributed by atoms with Crippen molar-refractivity contribution in [3.05, 3.63) is 28.3 Å². The van der Waals surface area contributed by atoms with Gasteiger partial charge < -0.3 is 5.73 Å². The molecule has 0 fully saturated rings. The van der Waals surface area contributed by atoms with Crippen LogP contribution < -0.4 is 10.5 Å². The lowest BCUT2D eigenvalue weighted by Crippen LogP contribution is -2.25. The minimum absolute atomic E-state index is 0.00721. The summed E-state index contributed by atoms with van der Waals surface area (Å²) in [6.07, 6.45) is 3.58. The van der Waals surface area contributed by atoms with Crippen LogP contribution in [0, 0.1) is 10.1 Å². The minimum Gasteiger partial charge on any atom is -0.398 e. The average molecular weight is 319 g/mol. The summed E-state index contributed by atoms with van der Waals surface area (Å²) < 4.78 is 26.5. The van der Waals surface area contributed by atoms with E-state index in [0.717, 1.165) is 18.2 Å². The molecule has 0 unspecified atom stereocenters. The molecule has 1 aromatic rings. The summed E-state index contributed by atoms with van der Waals surface area (Å²) in [5, 5.41) is 10.7. The maximum atomic E-state index is 12.0. The molecule has 20 heavy (non-hydrogen) atoms. The lowest BCUT2D eigenvalue weighted by Gasteiger charge is -2.08. The van der Waals surface area contributed by atoms with Gasteiger partial charge in [0.25, 0.3) is 5.69 Å². The largest absolute Gasteiger partial charge is 0.398 e. The Morgan fingerprint density at radius 1 is 1.40 bits per heavy atom. The van der Waals surface area contributed by atoms with Crippen molar-refractivity contribution in [2.24, 2.45) is 0 Å². The molecule has 9 heteroatoms. The Kier molecular flexibility index (Phi) is 6.24. The van der Waals surface area contributed by atoms with E-state index >= 15 is 0 Å². The Hall–Kier alpha value is -1.32. The number of nitrogens with two attached hydrogens (primary N) is 1. The van der Waals surface area contributed by atoms with Crippen molar-refractivity contribution in [3.8, 4) is 0 Å². The predicted molar refractivity (Wildman–Crippen MR) is 80.3 cm³/mol. The summed E-state index contributed by atoms with van der Waals surface area (Å²) in [6.45, 7) is 0.283. The highest BCUT2D eigenvalue weighted by Gasteiger charge is 2.20. The van der Waals surface area contributed by atoms with Gasteiger partial charge >= 0.3 is 0 Å². The number of nitrogens with zero attached hydrogens (tertiary/aromatic N) is 1. The number of nitrogen functional groups attached to an aromatic ring is 1. The van der Waals surface area contributed by atoms with Gasteiger partial charge in [-0.3, -0.25) is 10.1 Å². The highest BCUT2D eigenvalue weighted by molar-refractivity contribution is 7.98. The van der Waals surface area contributed by atoms with Crippen molar-refractivity contribution < 1.29 is 13.3 Å². The van der Waals surface area contributed by atoms with Crippen LogP contribution in [0.3, 0.4) is 0 Å². The molecule has 0 aliphatic carbocycles. The Balaban J connectivity index is 2.81. The summed E-state index contributed by atoms with van der Waals surface area (Å²) in [4.78, 5) is 9.76. The second-order valence-electron chi connectivity index (χ2n) is 4.08. The van der Waals surface area contributed by atoms with E-state index in [4.69, 9.17) is 5.73 Å². The van der Waals surface area contributed by atoms with Crippen LogP contribution >= 0.6 is 11.8 Å². The molecule has 3 N–H and O–H groups in total. The number of benzene rings is 1. The van der Waals surface area contributed by atoms with E-state index in [1.165, 1.54) is 12.1 Å². The Bertz CT molecular complexity index is 575. The number of non-ortho nitro benzene ring substituents is 1. The van der Waals surface area contributed by atoms with Gasteiger partial charge in [0.2, 0.25) is 10.0 Å². The molecule has 1 aromatic carbocycles.